The second-order valence-electron chi connectivity index (χ2n) is 7.38. The van der Waals surface area contributed by atoms with Crippen LogP contribution in [0.5, 0.6) is 0 Å². The smallest absolute Gasteiger partial charge is 0.260 e. The number of aryl methyl sites for hydroxylation is 2. The highest BCUT2D eigenvalue weighted by molar-refractivity contribution is 7.98. The van der Waals surface area contributed by atoms with Gasteiger partial charge in [-0.05, 0) is 51.9 Å². The lowest BCUT2D eigenvalue weighted by Crippen LogP contribution is -2.29. The van der Waals surface area contributed by atoms with Crippen LogP contribution in [-0.2, 0) is 12.3 Å². The third-order valence-electron chi connectivity index (χ3n) is 5.16. The number of nitrogens with zero attached hydrogens (tertiary/aromatic N) is 4. The van der Waals surface area contributed by atoms with Gasteiger partial charge in [0.25, 0.3) is 5.91 Å². The molecule has 4 rings (SSSR count). The van der Waals surface area contributed by atoms with Crippen LogP contribution in [0.3, 0.4) is 0 Å². The van der Waals surface area contributed by atoms with Gasteiger partial charge < -0.3 is 4.52 Å². The average molecular weight is 444 g/mol. The molecule has 0 aliphatic carbocycles. The van der Waals surface area contributed by atoms with Crippen LogP contribution >= 0.6 is 23.1 Å². The van der Waals surface area contributed by atoms with Crippen LogP contribution in [0.2, 0.25) is 0 Å². The van der Waals surface area contributed by atoms with Gasteiger partial charge in [-0.15, -0.1) is 23.1 Å². The molecule has 7 nitrogen and oxygen atoms in total. The minimum atomic E-state index is -0.191. The molecule has 1 fully saturated rings. The fraction of sp³-hybridized carbons (Fsp3) is 0.429. The lowest BCUT2D eigenvalue weighted by molar-refractivity contribution is 0.102. The Kier molecular flexibility index (Phi) is 6.81. The molecular formula is C21H25N5O2S2. The average Bonchev–Trinajstić information content (AvgIpc) is 3.33. The molecule has 0 unspecified atom stereocenters. The Hall–Kier alpha value is -2.23. The van der Waals surface area contributed by atoms with Crippen LogP contribution in [0.25, 0.3) is 0 Å². The first-order valence-corrected chi connectivity index (χ1v) is 11.9. The van der Waals surface area contributed by atoms with E-state index < -0.39 is 0 Å². The van der Waals surface area contributed by atoms with E-state index in [1.54, 1.807) is 18.3 Å². The SMILES string of the molecule is Cc1noc(C)c1CSc1ncccc1C(=O)Nc1nc(CN2CCCCC2)cs1. The minimum absolute atomic E-state index is 0.191. The van der Waals surface area contributed by atoms with Crippen molar-refractivity contribution in [2.24, 2.45) is 0 Å². The fourth-order valence-corrected chi connectivity index (χ4v) is 5.32. The van der Waals surface area contributed by atoms with E-state index in [2.05, 4.69) is 25.3 Å². The zero-order valence-electron chi connectivity index (χ0n) is 17.2. The number of likely N-dealkylation sites (tertiary alicyclic amines) is 1. The molecule has 0 spiro atoms. The van der Waals surface area contributed by atoms with Crippen LogP contribution in [0.1, 0.15) is 52.3 Å². The molecular weight excluding hydrogens is 418 g/mol. The Labute approximate surface area is 184 Å². The molecule has 30 heavy (non-hydrogen) atoms. The van der Waals surface area contributed by atoms with Gasteiger partial charge in [-0.1, -0.05) is 11.6 Å². The van der Waals surface area contributed by atoms with Crippen molar-refractivity contribution in [3.63, 3.8) is 0 Å². The Morgan fingerprint density at radius 1 is 1.30 bits per heavy atom. The second kappa shape index (κ2) is 9.72. The van der Waals surface area contributed by atoms with Gasteiger partial charge in [0, 0.05) is 29.4 Å². The Morgan fingerprint density at radius 2 is 2.13 bits per heavy atom. The van der Waals surface area contributed by atoms with E-state index in [0.29, 0.717) is 21.5 Å². The van der Waals surface area contributed by atoms with Crippen molar-refractivity contribution in [3.05, 3.63) is 52.0 Å². The van der Waals surface area contributed by atoms with E-state index in [9.17, 15) is 4.79 Å². The number of rotatable bonds is 7. The standard InChI is InChI=1S/C21H25N5O2S2/c1-14-18(15(2)28-25-14)13-29-20-17(7-6-8-22-20)19(27)24-21-23-16(12-30-21)11-26-9-4-3-5-10-26/h6-8,12H,3-5,9-11,13H2,1-2H3,(H,23,24,27). The van der Waals surface area contributed by atoms with Gasteiger partial charge in [-0.3, -0.25) is 15.0 Å². The predicted molar refractivity (Wildman–Crippen MR) is 119 cm³/mol. The number of amides is 1. The van der Waals surface area contributed by atoms with Crippen LogP contribution in [0.4, 0.5) is 5.13 Å². The third-order valence-corrected chi connectivity index (χ3v) is 7.00. The highest BCUT2D eigenvalue weighted by Gasteiger charge is 2.17. The summed E-state index contributed by atoms with van der Waals surface area (Å²) < 4.78 is 5.22. The van der Waals surface area contributed by atoms with Crippen LogP contribution in [0.15, 0.2) is 33.3 Å². The molecule has 1 amide bonds. The van der Waals surface area contributed by atoms with Gasteiger partial charge in [0.15, 0.2) is 5.13 Å². The quantitative estimate of drug-likeness (QED) is 0.531. The van der Waals surface area contributed by atoms with Gasteiger partial charge in [0.1, 0.15) is 10.8 Å². The summed E-state index contributed by atoms with van der Waals surface area (Å²) in [7, 11) is 0. The molecule has 158 valence electrons. The zero-order valence-corrected chi connectivity index (χ0v) is 18.8. The molecule has 4 heterocycles. The van der Waals surface area contributed by atoms with Gasteiger partial charge in [0.05, 0.1) is 17.0 Å². The number of anilines is 1. The van der Waals surface area contributed by atoms with Crippen molar-refractivity contribution in [3.8, 4) is 0 Å². The van der Waals surface area contributed by atoms with Crippen molar-refractivity contribution in [2.45, 2.75) is 50.4 Å². The summed E-state index contributed by atoms with van der Waals surface area (Å²) in [6, 6.07) is 3.57. The summed E-state index contributed by atoms with van der Waals surface area (Å²) in [5.74, 6) is 1.25. The number of thioether (sulfide) groups is 1. The van der Waals surface area contributed by atoms with E-state index in [-0.39, 0.29) is 5.91 Å². The Morgan fingerprint density at radius 3 is 2.90 bits per heavy atom. The number of thiazole rings is 1. The fourth-order valence-electron chi connectivity index (χ4n) is 3.48. The molecule has 0 atom stereocenters. The molecule has 0 aromatic carbocycles. The van der Waals surface area contributed by atoms with Crippen molar-refractivity contribution < 1.29 is 9.32 Å². The molecule has 1 N–H and O–H groups in total. The van der Waals surface area contributed by atoms with E-state index in [0.717, 1.165) is 42.3 Å². The summed E-state index contributed by atoms with van der Waals surface area (Å²) >= 11 is 2.97. The number of hydrogen-bond acceptors (Lipinski definition) is 8. The highest BCUT2D eigenvalue weighted by Crippen LogP contribution is 2.28. The normalized spacial score (nSPS) is 14.7. The molecule has 3 aromatic rings. The second-order valence-corrected chi connectivity index (χ2v) is 9.20. The lowest BCUT2D eigenvalue weighted by Gasteiger charge is -2.25. The number of piperidine rings is 1. The molecule has 1 aliphatic rings. The van der Waals surface area contributed by atoms with E-state index in [4.69, 9.17) is 4.52 Å². The Bertz CT molecular complexity index is 991. The maximum Gasteiger partial charge on any atom is 0.260 e. The zero-order chi connectivity index (χ0) is 20.9. The minimum Gasteiger partial charge on any atom is -0.361 e. The topological polar surface area (TPSA) is 84.1 Å². The number of carbonyl (C=O) groups excluding carboxylic acids is 1. The number of aromatic nitrogens is 3. The van der Waals surface area contributed by atoms with Gasteiger partial charge in [-0.25, -0.2) is 9.97 Å². The van der Waals surface area contributed by atoms with Crippen molar-refractivity contribution in [1.82, 2.24) is 20.0 Å². The van der Waals surface area contributed by atoms with Crippen LogP contribution < -0.4 is 5.32 Å². The van der Waals surface area contributed by atoms with Gasteiger partial charge >= 0.3 is 0 Å². The molecule has 9 heteroatoms. The maximum absolute atomic E-state index is 12.9. The van der Waals surface area contributed by atoms with Crippen LogP contribution in [-0.4, -0.2) is 39.0 Å². The molecule has 0 radical (unpaired) electrons. The summed E-state index contributed by atoms with van der Waals surface area (Å²) in [4.78, 5) is 24.3. The molecule has 0 bridgehead atoms. The molecule has 1 aliphatic heterocycles. The van der Waals surface area contributed by atoms with Crippen molar-refractivity contribution in [1.29, 1.82) is 0 Å². The first kappa shape index (κ1) is 21.0. The monoisotopic (exact) mass is 443 g/mol. The summed E-state index contributed by atoms with van der Waals surface area (Å²) in [6.45, 7) is 6.91. The summed E-state index contributed by atoms with van der Waals surface area (Å²) in [6.07, 6.45) is 5.52. The first-order valence-electron chi connectivity index (χ1n) is 10.1. The molecule has 3 aromatic heterocycles. The van der Waals surface area contributed by atoms with E-state index in [1.165, 1.54) is 42.4 Å². The van der Waals surface area contributed by atoms with E-state index >= 15 is 0 Å². The summed E-state index contributed by atoms with van der Waals surface area (Å²) in [5, 5.41) is 10.3. The summed E-state index contributed by atoms with van der Waals surface area (Å²) in [5.41, 5.74) is 3.46. The van der Waals surface area contributed by atoms with Gasteiger partial charge in [0.2, 0.25) is 0 Å². The number of nitrogens with one attached hydrogen (secondary N) is 1. The molecule has 0 saturated carbocycles. The van der Waals surface area contributed by atoms with E-state index in [1.807, 2.05) is 19.2 Å². The lowest BCUT2D eigenvalue weighted by atomic mass is 10.1. The maximum atomic E-state index is 12.9. The predicted octanol–water partition coefficient (Wildman–Crippen LogP) is 4.67. The van der Waals surface area contributed by atoms with Gasteiger partial charge in [-0.2, -0.15) is 0 Å². The van der Waals surface area contributed by atoms with Crippen molar-refractivity contribution in [2.75, 3.05) is 18.4 Å². The number of carbonyl (C=O) groups is 1. The third kappa shape index (κ3) is 5.08. The number of hydrogen-bond donors (Lipinski definition) is 1. The first-order chi connectivity index (χ1) is 14.6. The Balaban J connectivity index is 1.40. The van der Waals surface area contributed by atoms with Crippen molar-refractivity contribution >= 4 is 34.1 Å². The highest BCUT2D eigenvalue weighted by atomic mass is 32.2. The number of pyridine rings is 1. The molecule has 1 saturated heterocycles. The largest absolute Gasteiger partial charge is 0.361 e. The van der Waals surface area contributed by atoms with Crippen LogP contribution in [0, 0.1) is 13.8 Å².